The molecule has 4 nitrogen and oxygen atoms in total. The van der Waals surface area contributed by atoms with Crippen molar-refractivity contribution in [3.63, 3.8) is 0 Å². The van der Waals surface area contributed by atoms with Gasteiger partial charge >= 0.3 is 0 Å². The van der Waals surface area contributed by atoms with Crippen molar-refractivity contribution in [3.05, 3.63) is 89.1 Å². The zero-order valence-corrected chi connectivity index (χ0v) is 13.4. The fourth-order valence-electron chi connectivity index (χ4n) is 2.44. The first-order valence-corrected chi connectivity index (χ1v) is 7.82. The van der Waals surface area contributed by atoms with E-state index in [2.05, 4.69) is 10.2 Å². The molecule has 0 fully saturated rings. The summed E-state index contributed by atoms with van der Waals surface area (Å²) in [6, 6.07) is 21.2. The summed E-state index contributed by atoms with van der Waals surface area (Å²) in [5.41, 5.74) is 3.62. The largest absolute Gasteiger partial charge is 0.472 e. The normalized spacial score (nSPS) is 11.7. The standard InChI is InChI=1S/C20H18N2O2/c1-15(18-9-5-8-17(12-18)13-23)19-10-11-20(22-21-19)24-14-16-6-3-2-4-7-16/h2-13,15H,14H2,1H3. The number of aromatic nitrogens is 2. The van der Waals surface area contributed by atoms with Gasteiger partial charge < -0.3 is 4.74 Å². The highest BCUT2D eigenvalue weighted by Crippen LogP contribution is 2.23. The van der Waals surface area contributed by atoms with Crippen LogP contribution in [-0.2, 0) is 6.61 Å². The first kappa shape index (κ1) is 15.9. The molecule has 3 rings (SSSR count). The van der Waals surface area contributed by atoms with E-state index >= 15 is 0 Å². The molecule has 1 aromatic heterocycles. The summed E-state index contributed by atoms with van der Waals surface area (Å²) in [5, 5.41) is 8.40. The number of hydrogen-bond donors (Lipinski definition) is 0. The van der Waals surface area contributed by atoms with Gasteiger partial charge in [0.15, 0.2) is 0 Å². The molecule has 0 aliphatic carbocycles. The lowest BCUT2D eigenvalue weighted by Crippen LogP contribution is -2.03. The number of nitrogens with zero attached hydrogens (tertiary/aromatic N) is 2. The molecule has 2 aromatic carbocycles. The van der Waals surface area contributed by atoms with E-state index in [0.717, 1.165) is 23.1 Å². The Bertz CT molecular complexity index is 801. The summed E-state index contributed by atoms with van der Waals surface area (Å²) < 4.78 is 5.65. The quantitative estimate of drug-likeness (QED) is 0.644. The summed E-state index contributed by atoms with van der Waals surface area (Å²) in [6.07, 6.45) is 0.850. The van der Waals surface area contributed by atoms with Gasteiger partial charge in [0.25, 0.3) is 0 Å². The number of rotatable bonds is 6. The van der Waals surface area contributed by atoms with Crippen LogP contribution in [0.1, 0.15) is 40.0 Å². The molecule has 1 unspecified atom stereocenters. The molecule has 0 radical (unpaired) electrons. The number of hydrogen-bond acceptors (Lipinski definition) is 4. The molecule has 3 aromatic rings. The second-order valence-corrected chi connectivity index (χ2v) is 5.58. The third-order valence-corrected chi connectivity index (χ3v) is 3.88. The average Bonchev–Trinajstić information content (AvgIpc) is 2.67. The van der Waals surface area contributed by atoms with Crippen LogP contribution in [0, 0.1) is 0 Å². The van der Waals surface area contributed by atoms with Gasteiger partial charge in [0.05, 0.1) is 5.69 Å². The van der Waals surface area contributed by atoms with Crippen LogP contribution in [0.2, 0.25) is 0 Å². The van der Waals surface area contributed by atoms with Gasteiger partial charge in [0, 0.05) is 17.5 Å². The predicted octanol–water partition coefficient (Wildman–Crippen LogP) is 4.02. The Labute approximate surface area is 141 Å². The van der Waals surface area contributed by atoms with Gasteiger partial charge in [-0.25, -0.2) is 0 Å². The Morgan fingerprint density at radius 1 is 1.00 bits per heavy atom. The SMILES string of the molecule is CC(c1cccc(C=O)c1)c1ccc(OCc2ccccc2)nn1. The Balaban J connectivity index is 1.68. The zero-order chi connectivity index (χ0) is 16.8. The molecule has 0 spiro atoms. The summed E-state index contributed by atoms with van der Waals surface area (Å²) in [7, 11) is 0. The topological polar surface area (TPSA) is 52.1 Å². The van der Waals surface area contributed by atoms with E-state index in [4.69, 9.17) is 4.74 Å². The van der Waals surface area contributed by atoms with Crippen LogP contribution >= 0.6 is 0 Å². The van der Waals surface area contributed by atoms with Crippen molar-refractivity contribution < 1.29 is 9.53 Å². The monoisotopic (exact) mass is 318 g/mol. The summed E-state index contributed by atoms with van der Waals surface area (Å²) >= 11 is 0. The van der Waals surface area contributed by atoms with Crippen LogP contribution in [0.15, 0.2) is 66.7 Å². The van der Waals surface area contributed by atoms with Crippen LogP contribution in [0.5, 0.6) is 5.88 Å². The van der Waals surface area contributed by atoms with Crippen LogP contribution in [-0.4, -0.2) is 16.5 Å². The molecule has 0 N–H and O–H groups in total. The lowest BCUT2D eigenvalue weighted by Gasteiger charge is -2.12. The number of benzene rings is 2. The number of carbonyl (C=O) groups is 1. The molecule has 120 valence electrons. The highest BCUT2D eigenvalue weighted by atomic mass is 16.5. The lowest BCUT2D eigenvalue weighted by atomic mass is 9.96. The number of carbonyl (C=O) groups excluding carboxylic acids is 1. The minimum Gasteiger partial charge on any atom is -0.472 e. The Hall–Kier alpha value is -3.01. The van der Waals surface area contributed by atoms with Gasteiger partial charge in [0.1, 0.15) is 12.9 Å². The van der Waals surface area contributed by atoms with E-state index in [0.29, 0.717) is 18.1 Å². The van der Waals surface area contributed by atoms with Gasteiger partial charge in [0.2, 0.25) is 5.88 Å². The van der Waals surface area contributed by atoms with Crippen molar-refractivity contribution in [3.8, 4) is 5.88 Å². The Morgan fingerprint density at radius 3 is 2.54 bits per heavy atom. The smallest absolute Gasteiger partial charge is 0.233 e. The van der Waals surface area contributed by atoms with Crippen LogP contribution in [0.3, 0.4) is 0 Å². The van der Waals surface area contributed by atoms with Crippen LogP contribution in [0.25, 0.3) is 0 Å². The Kier molecular flexibility index (Phi) is 4.96. The first-order chi connectivity index (χ1) is 11.8. The van der Waals surface area contributed by atoms with Gasteiger partial charge in [-0.3, -0.25) is 4.79 Å². The third-order valence-electron chi connectivity index (χ3n) is 3.88. The molecule has 0 saturated carbocycles. The van der Waals surface area contributed by atoms with Crippen molar-refractivity contribution >= 4 is 6.29 Å². The van der Waals surface area contributed by atoms with Crippen molar-refractivity contribution in [2.24, 2.45) is 0 Å². The van der Waals surface area contributed by atoms with E-state index in [1.165, 1.54) is 0 Å². The number of aldehydes is 1. The van der Waals surface area contributed by atoms with E-state index < -0.39 is 0 Å². The third kappa shape index (κ3) is 3.84. The predicted molar refractivity (Wildman–Crippen MR) is 92.2 cm³/mol. The van der Waals surface area contributed by atoms with Gasteiger partial charge in [-0.1, -0.05) is 55.5 Å². The van der Waals surface area contributed by atoms with Crippen LogP contribution in [0.4, 0.5) is 0 Å². The van der Waals surface area contributed by atoms with E-state index in [-0.39, 0.29) is 5.92 Å². The van der Waals surface area contributed by atoms with Gasteiger partial charge in [-0.05, 0) is 23.3 Å². The molecule has 0 saturated heterocycles. The lowest BCUT2D eigenvalue weighted by molar-refractivity contribution is 0.112. The van der Waals surface area contributed by atoms with Gasteiger partial charge in [-0.2, -0.15) is 5.10 Å². The molecule has 1 heterocycles. The first-order valence-electron chi connectivity index (χ1n) is 7.82. The maximum Gasteiger partial charge on any atom is 0.233 e. The second-order valence-electron chi connectivity index (χ2n) is 5.58. The molecule has 4 heteroatoms. The minimum absolute atomic E-state index is 0.0561. The molecular weight excluding hydrogens is 300 g/mol. The van der Waals surface area contributed by atoms with Crippen molar-refractivity contribution in [2.75, 3.05) is 0 Å². The minimum atomic E-state index is 0.0561. The fourth-order valence-corrected chi connectivity index (χ4v) is 2.44. The fraction of sp³-hybridized carbons (Fsp3) is 0.150. The summed E-state index contributed by atoms with van der Waals surface area (Å²) in [5.74, 6) is 0.553. The summed E-state index contributed by atoms with van der Waals surface area (Å²) in [4.78, 5) is 10.9. The van der Waals surface area contributed by atoms with Crippen molar-refractivity contribution in [1.82, 2.24) is 10.2 Å². The van der Waals surface area contributed by atoms with Crippen LogP contribution < -0.4 is 4.74 Å². The van der Waals surface area contributed by atoms with E-state index in [1.54, 1.807) is 6.07 Å². The number of ether oxygens (including phenoxy) is 1. The Morgan fingerprint density at radius 2 is 1.83 bits per heavy atom. The van der Waals surface area contributed by atoms with Crippen molar-refractivity contribution in [1.29, 1.82) is 0 Å². The van der Waals surface area contributed by atoms with Gasteiger partial charge in [-0.15, -0.1) is 5.10 Å². The molecule has 0 bridgehead atoms. The van der Waals surface area contributed by atoms with E-state index in [9.17, 15) is 4.79 Å². The highest BCUT2D eigenvalue weighted by molar-refractivity contribution is 5.75. The zero-order valence-electron chi connectivity index (χ0n) is 13.4. The molecule has 0 aliphatic rings. The average molecular weight is 318 g/mol. The highest BCUT2D eigenvalue weighted by Gasteiger charge is 2.11. The van der Waals surface area contributed by atoms with E-state index in [1.807, 2.05) is 67.6 Å². The maximum absolute atomic E-state index is 10.9. The van der Waals surface area contributed by atoms with Crippen molar-refractivity contribution in [2.45, 2.75) is 19.4 Å². The molecule has 24 heavy (non-hydrogen) atoms. The molecule has 0 amide bonds. The second kappa shape index (κ2) is 7.51. The molecular formula is C20H18N2O2. The summed E-state index contributed by atoms with van der Waals surface area (Å²) in [6.45, 7) is 2.50. The molecule has 0 aliphatic heterocycles. The maximum atomic E-state index is 10.9. The molecule has 1 atom stereocenters.